The molecule has 0 atom stereocenters. The number of nitrogens with zero attached hydrogens (tertiary/aromatic N) is 1. The van der Waals surface area contributed by atoms with Crippen molar-refractivity contribution in [1.29, 1.82) is 0 Å². The first kappa shape index (κ1) is 19.6. The van der Waals surface area contributed by atoms with Gasteiger partial charge < -0.3 is 15.1 Å². The molecule has 2 amide bonds. The molecule has 0 radical (unpaired) electrons. The number of hydrogen-bond acceptors (Lipinski definition) is 5. The lowest BCUT2D eigenvalue weighted by Gasteiger charge is -2.11. The van der Waals surface area contributed by atoms with Gasteiger partial charge in [-0.25, -0.2) is 0 Å². The van der Waals surface area contributed by atoms with Crippen LogP contribution in [0.5, 0.6) is 0 Å². The van der Waals surface area contributed by atoms with Crippen molar-refractivity contribution in [2.45, 2.75) is 6.54 Å². The number of nitro groups is 1. The van der Waals surface area contributed by atoms with Crippen LogP contribution in [0.25, 0.3) is 6.08 Å². The van der Waals surface area contributed by atoms with Gasteiger partial charge in [-0.05, 0) is 48.0 Å². The number of nitrogens with one attached hydrogen (secondary N) is 2. The van der Waals surface area contributed by atoms with Crippen LogP contribution in [-0.2, 0) is 11.3 Å². The minimum absolute atomic E-state index is 0.000683. The molecule has 3 aromatic rings. The number of non-ortho nitro benzene ring substituents is 1. The highest BCUT2D eigenvalue weighted by molar-refractivity contribution is 6.05. The van der Waals surface area contributed by atoms with E-state index in [2.05, 4.69) is 10.6 Å². The lowest BCUT2D eigenvalue weighted by Crippen LogP contribution is -2.34. The molecule has 0 bridgehead atoms. The lowest BCUT2D eigenvalue weighted by molar-refractivity contribution is -0.384. The Hall–Kier alpha value is -4.20. The van der Waals surface area contributed by atoms with Gasteiger partial charge in [-0.2, -0.15) is 0 Å². The van der Waals surface area contributed by atoms with Gasteiger partial charge in [-0.3, -0.25) is 19.7 Å². The highest BCUT2D eigenvalue weighted by Gasteiger charge is 2.15. The first-order chi connectivity index (χ1) is 14.0. The van der Waals surface area contributed by atoms with Crippen LogP contribution in [-0.4, -0.2) is 16.7 Å². The molecule has 3 rings (SSSR count). The Morgan fingerprint density at radius 2 is 1.72 bits per heavy atom. The van der Waals surface area contributed by atoms with E-state index in [9.17, 15) is 19.7 Å². The predicted octanol–water partition coefficient (Wildman–Crippen LogP) is 3.28. The summed E-state index contributed by atoms with van der Waals surface area (Å²) in [4.78, 5) is 35.4. The van der Waals surface area contributed by atoms with Gasteiger partial charge in [0, 0.05) is 17.7 Å². The number of carbonyl (C=O) groups excluding carboxylic acids is 2. The first-order valence-corrected chi connectivity index (χ1v) is 8.66. The Kier molecular flexibility index (Phi) is 6.16. The maximum absolute atomic E-state index is 12.6. The largest absolute Gasteiger partial charge is 0.467 e. The van der Waals surface area contributed by atoms with Crippen LogP contribution >= 0.6 is 0 Å². The zero-order valence-corrected chi connectivity index (χ0v) is 15.2. The van der Waals surface area contributed by atoms with Crippen molar-refractivity contribution < 1.29 is 18.9 Å². The van der Waals surface area contributed by atoms with Crippen LogP contribution in [0.3, 0.4) is 0 Å². The fourth-order valence-electron chi connectivity index (χ4n) is 2.48. The molecule has 0 fully saturated rings. The smallest absolute Gasteiger partial charge is 0.269 e. The van der Waals surface area contributed by atoms with Crippen LogP contribution in [0.15, 0.2) is 83.1 Å². The van der Waals surface area contributed by atoms with Crippen molar-refractivity contribution in [2.24, 2.45) is 0 Å². The molecule has 0 spiro atoms. The molecule has 0 saturated heterocycles. The summed E-state index contributed by atoms with van der Waals surface area (Å²) in [6.45, 7) is 0.143. The SMILES string of the molecule is O=C(NCc1ccco1)/C(=C/c1ccc([N+](=O)[O-])cc1)NC(=O)c1ccccc1. The molecule has 8 nitrogen and oxygen atoms in total. The van der Waals surface area contributed by atoms with Gasteiger partial charge in [-0.1, -0.05) is 18.2 Å². The van der Waals surface area contributed by atoms with Gasteiger partial charge in [0.2, 0.25) is 0 Å². The normalized spacial score (nSPS) is 11.0. The zero-order chi connectivity index (χ0) is 20.6. The van der Waals surface area contributed by atoms with Crippen molar-refractivity contribution in [3.63, 3.8) is 0 Å². The van der Waals surface area contributed by atoms with Gasteiger partial charge in [0.25, 0.3) is 17.5 Å². The van der Waals surface area contributed by atoms with E-state index in [0.717, 1.165) is 0 Å². The Morgan fingerprint density at radius 1 is 1.00 bits per heavy atom. The topological polar surface area (TPSA) is 114 Å². The minimum atomic E-state index is -0.524. The molecule has 0 aliphatic heterocycles. The fraction of sp³-hybridized carbons (Fsp3) is 0.0476. The van der Waals surface area contributed by atoms with Gasteiger partial charge in [0.15, 0.2) is 0 Å². The fourth-order valence-corrected chi connectivity index (χ4v) is 2.48. The van der Waals surface area contributed by atoms with Crippen molar-refractivity contribution in [3.05, 3.63) is 106 Å². The van der Waals surface area contributed by atoms with E-state index < -0.39 is 16.7 Å². The summed E-state index contributed by atoms with van der Waals surface area (Å²) in [6, 6.07) is 17.5. The summed E-state index contributed by atoms with van der Waals surface area (Å²) in [7, 11) is 0. The number of hydrogen-bond donors (Lipinski definition) is 2. The molecule has 146 valence electrons. The van der Waals surface area contributed by atoms with Gasteiger partial charge in [0.1, 0.15) is 11.5 Å². The maximum atomic E-state index is 12.6. The maximum Gasteiger partial charge on any atom is 0.269 e. The predicted molar refractivity (Wildman–Crippen MR) is 106 cm³/mol. The summed E-state index contributed by atoms with van der Waals surface area (Å²) in [5.41, 5.74) is 0.839. The monoisotopic (exact) mass is 391 g/mol. The summed E-state index contributed by atoms with van der Waals surface area (Å²) in [5, 5.41) is 16.1. The summed E-state index contributed by atoms with van der Waals surface area (Å²) < 4.78 is 5.18. The van der Waals surface area contributed by atoms with Crippen LogP contribution in [0.2, 0.25) is 0 Å². The second-order valence-electron chi connectivity index (χ2n) is 5.99. The molecule has 0 unspecified atom stereocenters. The van der Waals surface area contributed by atoms with Crippen LogP contribution in [0, 0.1) is 10.1 Å². The van der Waals surface area contributed by atoms with Crippen LogP contribution in [0.1, 0.15) is 21.7 Å². The molecule has 1 heterocycles. The Bertz CT molecular complexity index is 1030. The number of furan rings is 1. The molecule has 0 aliphatic carbocycles. The number of benzene rings is 2. The van der Waals surface area contributed by atoms with E-state index >= 15 is 0 Å². The first-order valence-electron chi connectivity index (χ1n) is 8.66. The van der Waals surface area contributed by atoms with Gasteiger partial charge >= 0.3 is 0 Å². The quantitative estimate of drug-likeness (QED) is 0.364. The van der Waals surface area contributed by atoms with Crippen molar-refractivity contribution in [1.82, 2.24) is 10.6 Å². The minimum Gasteiger partial charge on any atom is -0.467 e. The van der Waals surface area contributed by atoms with Crippen molar-refractivity contribution >= 4 is 23.6 Å². The Balaban J connectivity index is 1.82. The molecule has 2 N–H and O–H groups in total. The zero-order valence-electron chi connectivity index (χ0n) is 15.2. The van der Waals surface area contributed by atoms with E-state index in [-0.39, 0.29) is 17.9 Å². The highest BCUT2D eigenvalue weighted by atomic mass is 16.6. The van der Waals surface area contributed by atoms with Gasteiger partial charge in [0.05, 0.1) is 17.7 Å². The highest BCUT2D eigenvalue weighted by Crippen LogP contribution is 2.14. The summed E-state index contributed by atoms with van der Waals surface area (Å²) in [5.74, 6) is -0.418. The van der Waals surface area contributed by atoms with Crippen molar-refractivity contribution in [3.8, 4) is 0 Å². The van der Waals surface area contributed by atoms with E-state index in [1.54, 1.807) is 42.5 Å². The molecule has 8 heteroatoms. The molecular formula is C21H17N3O5. The number of rotatable bonds is 7. The number of nitro benzene ring substituents is 1. The molecule has 2 aromatic carbocycles. The Labute approximate surface area is 166 Å². The standard InChI is InChI=1S/C21H17N3O5/c25-20(16-5-2-1-3-6-16)23-19(21(26)22-14-18-7-4-12-29-18)13-15-8-10-17(11-9-15)24(27)28/h1-13H,14H2,(H,22,26)(H,23,25)/b19-13-. The Morgan fingerprint density at radius 3 is 2.34 bits per heavy atom. The van der Waals surface area contributed by atoms with E-state index in [0.29, 0.717) is 16.9 Å². The molecule has 0 saturated carbocycles. The second-order valence-corrected chi connectivity index (χ2v) is 5.99. The van der Waals surface area contributed by atoms with E-state index in [1.807, 2.05) is 0 Å². The van der Waals surface area contributed by atoms with Gasteiger partial charge in [-0.15, -0.1) is 0 Å². The molecule has 0 aliphatic rings. The molecule has 1 aromatic heterocycles. The number of amides is 2. The third-order valence-corrected chi connectivity index (χ3v) is 3.95. The average Bonchev–Trinajstić information content (AvgIpc) is 3.26. The third kappa shape index (κ3) is 5.39. The number of carbonyl (C=O) groups is 2. The molecular weight excluding hydrogens is 374 g/mol. The van der Waals surface area contributed by atoms with E-state index in [4.69, 9.17) is 4.42 Å². The molecule has 29 heavy (non-hydrogen) atoms. The van der Waals surface area contributed by atoms with Crippen LogP contribution < -0.4 is 10.6 Å². The second kappa shape index (κ2) is 9.14. The van der Waals surface area contributed by atoms with Crippen LogP contribution in [0.4, 0.5) is 5.69 Å². The lowest BCUT2D eigenvalue weighted by atomic mass is 10.1. The summed E-state index contributed by atoms with van der Waals surface area (Å²) >= 11 is 0. The van der Waals surface area contributed by atoms with E-state index in [1.165, 1.54) is 36.6 Å². The van der Waals surface area contributed by atoms with Crippen molar-refractivity contribution in [2.75, 3.05) is 0 Å². The third-order valence-electron chi connectivity index (χ3n) is 3.95. The average molecular weight is 391 g/mol. The summed E-state index contributed by atoms with van der Waals surface area (Å²) in [6.07, 6.45) is 2.94.